The van der Waals surface area contributed by atoms with Gasteiger partial charge in [-0.3, -0.25) is 0 Å². The van der Waals surface area contributed by atoms with Gasteiger partial charge in [0.15, 0.2) is 0 Å². The van der Waals surface area contributed by atoms with Crippen molar-refractivity contribution in [3.63, 3.8) is 0 Å². The van der Waals surface area contributed by atoms with E-state index in [9.17, 15) is 13.2 Å². The quantitative estimate of drug-likeness (QED) is 0.668. The number of alkyl halides is 3. The predicted molar refractivity (Wildman–Crippen MR) is 41.3 cm³/mol. The van der Waals surface area contributed by atoms with Crippen molar-refractivity contribution in [3.8, 4) is 0 Å². The van der Waals surface area contributed by atoms with Crippen LogP contribution in [0.1, 0.15) is 6.42 Å². The summed E-state index contributed by atoms with van der Waals surface area (Å²) in [6.45, 7) is -0.0237. The number of nitrogens with two attached hydrogens (primary N) is 1. The summed E-state index contributed by atoms with van der Waals surface area (Å²) in [6, 6.07) is -0.337. The highest BCUT2D eigenvalue weighted by Gasteiger charge is 2.31. The number of rotatable bonds is 2. The fraction of sp³-hybridized carbons (Fsp3) is 1.00. The van der Waals surface area contributed by atoms with Crippen molar-refractivity contribution in [1.29, 1.82) is 0 Å². The Balaban J connectivity index is 2.27. The van der Waals surface area contributed by atoms with E-state index in [4.69, 9.17) is 5.73 Å². The van der Waals surface area contributed by atoms with Crippen molar-refractivity contribution < 1.29 is 17.9 Å². The van der Waals surface area contributed by atoms with E-state index in [0.717, 1.165) is 0 Å². The van der Waals surface area contributed by atoms with Crippen molar-refractivity contribution in [3.05, 3.63) is 0 Å². The lowest BCUT2D eigenvalue weighted by molar-refractivity contribution is -0.188. The Kier molecular flexibility index (Phi) is 3.52. The molecule has 0 aliphatic carbocycles. The van der Waals surface area contributed by atoms with E-state index in [1.165, 1.54) is 0 Å². The summed E-state index contributed by atoms with van der Waals surface area (Å²) < 4.78 is 39.9. The molecule has 0 radical (unpaired) electrons. The van der Waals surface area contributed by atoms with Gasteiger partial charge in [-0.05, 0) is 13.0 Å². The Morgan fingerprint density at radius 1 is 1.46 bits per heavy atom. The van der Waals surface area contributed by atoms with Crippen LogP contribution in [0.4, 0.5) is 13.2 Å². The first-order valence-electron chi connectivity index (χ1n) is 4.14. The van der Waals surface area contributed by atoms with Crippen LogP contribution in [0, 0.1) is 0 Å². The molecular formula is C7H13F3N2O. The molecular weight excluding hydrogens is 185 g/mol. The predicted octanol–water partition coefficient (Wildman–Crippen LogP) is 0.254. The van der Waals surface area contributed by atoms with Crippen molar-refractivity contribution >= 4 is 0 Å². The molecule has 2 unspecified atom stereocenters. The minimum Gasteiger partial charge on any atom is -0.367 e. The molecule has 2 atom stereocenters. The van der Waals surface area contributed by atoms with Gasteiger partial charge in [0, 0.05) is 12.6 Å². The Morgan fingerprint density at radius 3 is 2.69 bits per heavy atom. The van der Waals surface area contributed by atoms with Gasteiger partial charge < -0.3 is 15.8 Å². The van der Waals surface area contributed by atoms with E-state index in [-0.39, 0.29) is 6.04 Å². The minimum atomic E-state index is -4.26. The highest BCUT2D eigenvalue weighted by Crippen LogP contribution is 2.17. The van der Waals surface area contributed by atoms with Crippen LogP contribution in [0.3, 0.4) is 0 Å². The number of halogens is 3. The molecule has 0 aromatic carbocycles. The molecule has 78 valence electrons. The molecule has 0 aromatic rings. The average molecular weight is 198 g/mol. The molecule has 1 aliphatic rings. The molecule has 0 saturated carbocycles. The maximum absolute atomic E-state index is 11.8. The molecule has 0 bridgehead atoms. The topological polar surface area (TPSA) is 47.3 Å². The maximum atomic E-state index is 11.8. The first-order chi connectivity index (χ1) is 5.99. The molecule has 1 heterocycles. The third kappa shape index (κ3) is 3.93. The lowest BCUT2D eigenvalue weighted by atomic mass is 10.1. The minimum absolute atomic E-state index is 0.337. The highest BCUT2D eigenvalue weighted by atomic mass is 19.4. The fourth-order valence-electron chi connectivity index (χ4n) is 1.27. The van der Waals surface area contributed by atoms with Gasteiger partial charge in [-0.2, -0.15) is 13.2 Å². The van der Waals surface area contributed by atoms with Crippen LogP contribution in [0.5, 0.6) is 0 Å². The zero-order chi connectivity index (χ0) is 9.90. The standard InChI is InChI=1S/C7H13F3N2O/c8-7(9,10)4-13-6-1-2-12-3-5(6)11/h5-6,12H,1-4,11H2. The average Bonchev–Trinajstić information content (AvgIpc) is 2.01. The van der Waals surface area contributed by atoms with Crippen molar-refractivity contribution in [1.82, 2.24) is 5.32 Å². The lowest BCUT2D eigenvalue weighted by Gasteiger charge is -2.29. The number of hydrogen-bond acceptors (Lipinski definition) is 3. The number of nitrogens with one attached hydrogen (secondary N) is 1. The second-order valence-corrected chi connectivity index (χ2v) is 3.12. The zero-order valence-electron chi connectivity index (χ0n) is 7.10. The Bertz CT molecular complexity index is 162. The summed E-state index contributed by atoms with van der Waals surface area (Å²) in [5, 5.41) is 2.98. The maximum Gasteiger partial charge on any atom is 0.411 e. The Hall–Kier alpha value is -0.330. The van der Waals surface area contributed by atoms with Crippen LogP contribution >= 0.6 is 0 Å². The van der Waals surface area contributed by atoms with E-state index in [0.29, 0.717) is 19.5 Å². The molecule has 0 spiro atoms. The van der Waals surface area contributed by atoms with Crippen LogP contribution < -0.4 is 11.1 Å². The normalized spacial score (nSPS) is 30.5. The smallest absolute Gasteiger partial charge is 0.367 e. The molecule has 3 nitrogen and oxygen atoms in total. The third-order valence-electron chi connectivity index (χ3n) is 1.92. The third-order valence-corrected chi connectivity index (χ3v) is 1.92. The van der Waals surface area contributed by atoms with Gasteiger partial charge in [0.25, 0.3) is 0 Å². The number of piperidine rings is 1. The summed E-state index contributed by atoms with van der Waals surface area (Å²) in [6.07, 6.45) is -4.19. The van der Waals surface area contributed by atoms with Crippen LogP contribution in [0.2, 0.25) is 0 Å². The molecule has 1 aliphatic heterocycles. The summed E-state index contributed by atoms with van der Waals surface area (Å²) in [5.41, 5.74) is 5.55. The lowest BCUT2D eigenvalue weighted by Crippen LogP contribution is -2.51. The van der Waals surface area contributed by atoms with Gasteiger partial charge in [-0.15, -0.1) is 0 Å². The van der Waals surface area contributed by atoms with Crippen molar-refractivity contribution in [2.45, 2.75) is 24.7 Å². The van der Waals surface area contributed by atoms with Crippen molar-refractivity contribution in [2.75, 3.05) is 19.7 Å². The SMILES string of the molecule is NC1CNCCC1OCC(F)(F)F. The van der Waals surface area contributed by atoms with Crippen LogP contribution in [0.25, 0.3) is 0 Å². The monoisotopic (exact) mass is 198 g/mol. The largest absolute Gasteiger partial charge is 0.411 e. The molecule has 13 heavy (non-hydrogen) atoms. The number of hydrogen-bond donors (Lipinski definition) is 2. The van der Waals surface area contributed by atoms with Gasteiger partial charge in [0.2, 0.25) is 0 Å². The Labute approximate surface area is 74.4 Å². The van der Waals surface area contributed by atoms with Crippen LogP contribution in [-0.4, -0.2) is 38.0 Å². The first-order valence-corrected chi connectivity index (χ1v) is 4.14. The fourth-order valence-corrected chi connectivity index (χ4v) is 1.27. The molecule has 1 saturated heterocycles. The van der Waals surface area contributed by atoms with E-state index in [1.54, 1.807) is 0 Å². The van der Waals surface area contributed by atoms with Crippen molar-refractivity contribution in [2.24, 2.45) is 5.73 Å². The van der Waals surface area contributed by atoms with Crippen LogP contribution in [0.15, 0.2) is 0 Å². The molecule has 3 N–H and O–H groups in total. The van der Waals surface area contributed by atoms with Crippen LogP contribution in [-0.2, 0) is 4.74 Å². The summed E-state index contributed by atoms with van der Waals surface area (Å²) in [4.78, 5) is 0. The second kappa shape index (κ2) is 4.26. The van der Waals surface area contributed by atoms with Gasteiger partial charge in [0.1, 0.15) is 6.61 Å². The second-order valence-electron chi connectivity index (χ2n) is 3.12. The van der Waals surface area contributed by atoms with E-state index < -0.39 is 18.9 Å². The molecule has 6 heteroatoms. The molecule has 0 aromatic heterocycles. The highest BCUT2D eigenvalue weighted by molar-refractivity contribution is 4.81. The summed E-state index contributed by atoms with van der Waals surface area (Å²) in [7, 11) is 0. The summed E-state index contributed by atoms with van der Waals surface area (Å²) in [5.74, 6) is 0. The van der Waals surface area contributed by atoms with Gasteiger partial charge in [0.05, 0.1) is 6.10 Å². The van der Waals surface area contributed by atoms with E-state index in [1.807, 2.05) is 0 Å². The molecule has 1 fully saturated rings. The zero-order valence-corrected chi connectivity index (χ0v) is 7.10. The Morgan fingerprint density at radius 2 is 2.15 bits per heavy atom. The van der Waals surface area contributed by atoms with Gasteiger partial charge in [-0.1, -0.05) is 0 Å². The summed E-state index contributed by atoms with van der Waals surface area (Å²) >= 11 is 0. The van der Waals surface area contributed by atoms with Gasteiger partial charge in [-0.25, -0.2) is 0 Å². The van der Waals surface area contributed by atoms with Gasteiger partial charge >= 0.3 is 6.18 Å². The van der Waals surface area contributed by atoms with E-state index in [2.05, 4.69) is 10.1 Å². The molecule has 0 amide bonds. The first kappa shape index (κ1) is 10.7. The van der Waals surface area contributed by atoms with E-state index >= 15 is 0 Å². The molecule has 1 rings (SSSR count). The number of ether oxygens (including phenoxy) is 1.